The molecule has 6 atom stereocenters. The Kier molecular flexibility index (Phi) is 12.0. The van der Waals surface area contributed by atoms with Gasteiger partial charge in [-0.3, -0.25) is 9.59 Å². The molecule has 3 rings (SSSR count). The van der Waals surface area contributed by atoms with Gasteiger partial charge in [-0.25, -0.2) is 14.4 Å². The number of cyclic esters (lactones) is 4. The van der Waals surface area contributed by atoms with Gasteiger partial charge in [-0.05, 0) is 38.5 Å². The van der Waals surface area contributed by atoms with Gasteiger partial charge in [0.2, 0.25) is 12.2 Å². The van der Waals surface area contributed by atoms with Gasteiger partial charge in [0, 0.05) is 18.3 Å². The number of phenols is 1. The van der Waals surface area contributed by atoms with Crippen molar-refractivity contribution in [2.75, 3.05) is 5.73 Å². The fourth-order valence-corrected chi connectivity index (χ4v) is 4.89. The van der Waals surface area contributed by atoms with E-state index in [9.17, 15) is 34.2 Å². The molecule has 0 radical (unpaired) electrons. The number of rotatable bonds is 6. The zero-order valence-corrected chi connectivity index (χ0v) is 27.6. The second-order valence-electron chi connectivity index (χ2n) is 12.8. The lowest BCUT2D eigenvalue weighted by Gasteiger charge is -2.35. The Morgan fingerprint density at radius 2 is 1.43 bits per heavy atom. The van der Waals surface area contributed by atoms with Crippen LogP contribution in [0.1, 0.15) is 64.4 Å². The van der Waals surface area contributed by atoms with Crippen molar-refractivity contribution in [3.05, 3.63) is 59.7 Å². The molecule has 13 heteroatoms. The SMILES string of the molecule is CC(C)[C@@H]1OC(=O)[C@@H](NC(=O)c2cccc(N)c2O)[C@H](C)OC(=O)[C@H](C(C)C)OC(=O)C(C)(C)[C@@H](O)[C@@H](Cc2ccccc2)OC1=O. The summed E-state index contributed by atoms with van der Waals surface area (Å²) in [5, 5.41) is 24.3. The third-order valence-electron chi connectivity index (χ3n) is 7.94. The van der Waals surface area contributed by atoms with Gasteiger partial charge < -0.3 is 40.2 Å². The molecule has 2 aromatic carbocycles. The Labute approximate surface area is 273 Å². The molecule has 13 nitrogen and oxygen atoms in total. The molecule has 256 valence electrons. The highest BCUT2D eigenvalue weighted by molar-refractivity contribution is 6.00. The minimum absolute atomic E-state index is 0.0156. The second kappa shape index (κ2) is 15.3. The summed E-state index contributed by atoms with van der Waals surface area (Å²) in [6.07, 6.45) is -7.42. The molecular weight excluding hydrogens is 612 g/mol. The second-order valence-corrected chi connectivity index (χ2v) is 12.8. The van der Waals surface area contributed by atoms with Crippen LogP contribution in [0.4, 0.5) is 5.69 Å². The van der Waals surface area contributed by atoms with E-state index in [0.29, 0.717) is 5.56 Å². The molecular formula is C34H44N2O11. The number of nitrogens with one attached hydrogen (secondary N) is 1. The number of anilines is 1. The van der Waals surface area contributed by atoms with Crippen LogP contribution in [-0.2, 0) is 44.5 Å². The average molecular weight is 657 g/mol. The monoisotopic (exact) mass is 656 g/mol. The zero-order chi connectivity index (χ0) is 35.2. The van der Waals surface area contributed by atoms with Crippen LogP contribution in [0.15, 0.2) is 48.5 Å². The maximum Gasteiger partial charge on any atom is 0.348 e. The van der Waals surface area contributed by atoms with Gasteiger partial charge in [0.05, 0.1) is 16.7 Å². The van der Waals surface area contributed by atoms with E-state index in [1.165, 1.54) is 39.0 Å². The van der Waals surface area contributed by atoms with E-state index in [1.54, 1.807) is 58.0 Å². The molecule has 0 aromatic heterocycles. The quantitative estimate of drug-likeness (QED) is 0.154. The highest BCUT2D eigenvalue weighted by Gasteiger charge is 2.47. The number of carbonyl (C=O) groups excluding carboxylic acids is 5. The number of benzene rings is 2. The third-order valence-corrected chi connectivity index (χ3v) is 7.94. The predicted octanol–water partition coefficient (Wildman–Crippen LogP) is 2.70. The van der Waals surface area contributed by atoms with Crippen molar-refractivity contribution < 1.29 is 53.1 Å². The number of aromatic hydroxyl groups is 1. The van der Waals surface area contributed by atoms with Crippen LogP contribution in [0.5, 0.6) is 5.75 Å². The lowest BCUT2D eigenvalue weighted by molar-refractivity contribution is -0.190. The number of nitrogens with two attached hydrogens (primary N) is 1. The van der Waals surface area contributed by atoms with E-state index < -0.39 is 89.3 Å². The summed E-state index contributed by atoms with van der Waals surface area (Å²) in [6.45, 7) is 10.5. The van der Waals surface area contributed by atoms with E-state index in [1.807, 2.05) is 0 Å². The molecule has 0 saturated carbocycles. The van der Waals surface area contributed by atoms with Gasteiger partial charge in [0.25, 0.3) is 5.91 Å². The van der Waals surface area contributed by atoms with Crippen molar-refractivity contribution in [1.82, 2.24) is 5.32 Å². The molecule has 2 aromatic rings. The summed E-state index contributed by atoms with van der Waals surface area (Å²) in [5.41, 5.74) is 4.34. The normalized spacial score (nSPS) is 25.9. The summed E-state index contributed by atoms with van der Waals surface area (Å²) in [6, 6.07) is 11.1. The molecule has 47 heavy (non-hydrogen) atoms. The van der Waals surface area contributed by atoms with Crippen molar-refractivity contribution in [3.63, 3.8) is 0 Å². The summed E-state index contributed by atoms with van der Waals surface area (Å²) in [5.74, 6) is -6.95. The van der Waals surface area contributed by atoms with Gasteiger partial charge in [-0.15, -0.1) is 0 Å². The number of ether oxygens (including phenoxy) is 4. The van der Waals surface area contributed by atoms with Crippen molar-refractivity contribution >= 4 is 35.5 Å². The number of nitrogen functional groups attached to an aromatic ring is 1. The maximum absolute atomic E-state index is 13.7. The number of hydrogen-bond acceptors (Lipinski definition) is 12. The number of phenolic OH excluding ortho intramolecular Hbond substituents is 1. The van der Waals surface area contributed by atoms with Crippen LogP contribution in [0.2, 0.25) is 0 Å². The number of amides is 1. The first-order chi connectivity index (χ1) is 21.9. The first-order valence-electron chi connectivity index (χ1n) is 15.4. The highest BCUT2D eigenvalue weighted by Crippen LogP contribution is 2.31. The smallest absolute Gasteiger partial charge is 0.348 e. The molecule has 5 N–H and O–H groups in total. The summed E-state index contributed by atoms with van der Waals surface area (Å²) < 4.78 is 22.5. The topological polar surface area (TPSA) is 201 Å². The lowest BCUT2D eigenvalue weighted by Crippen LogP contribution is -2.52. The Bertz CT molecular complexity index is 1460. The summed E-state index contributed by atoms with van der Waals surface area (Å²) in [4.78, 5) is 67.5. The molecule has 0 unspecified atom stereocenters. The molecule has 1 fully saturated rings. The summed E-state index contributed by atoms with van der Waals surface area (Å²) >= 11 is 0. The van der Waals surface area contributed by atoms with E-state index in [4.69, 9.17) is 24.7 Å². The van der Waals surface area contributed by atoms with Crippen LogP contribution in [0, 0.1) is 17.3 Å². The van der Waals surface area contributed by atoms with Crippen molar-refractivity contribution in [2.24, 2.45) is 17.3 Å². The molecule has 0 spiro atoms. The molecule has 1 saturated heterocycles. The molecule has 0 bridgehead atoms. The van der Waals surface area contributed by atoms with Crippen LogP contribution >= 0.6 is 0 Å². The first-order valence-corrected chi connectivity index (χ1v) is 15.4. The zero-order valence-electron chi connectivity index (χ0n) is 27.6. The largest absolute Gasteiger partial charge is 0.505 e. The minimum atomic E-state index is -1.71. The Morgan fingerprint density at radius 1 is 0.851 bits per heavy atom. The number of esters is 4. The van der Waals surface area contributed by atoms with Crippen molar-refractivity contribution in [2.45, 2.75) is 91.4 Å². The first kappa shape index (κ1) is 36.8. The third kappa shape index (κ3) is 8.79. The van der Waals surface area contributed by atoms with Crippen LogP contribution in [0.3, 0.4) is 0 Å². The number of carbonyl (C=O) groups is 5. The molecule has 1 heterocycles. The van der Waals surface area contributed by atoms with Gasteiger partial charge in [-0.1, -0.05) is 64.1 Å². The molecule has 1 aliphatic rings. The minimum Gasteiger partial charge on any atom is -0.505 e. The summed E-state index contributed by atoms with van der Waals surface area (Å²) in [7, 11) is 0. The number of hydrogen-bond donors (Lipinski definition) is 4. The fourth-order valence-electron chi connectivity index (χ4n) is 4.89. The Balaban J connectivity index is 2.10. The number of para-hydroxylation sites is 1. The Morgan fingerprint density at radius 3 is 2.02 bits per heavy atom. The van der Waals surface area contributed by atoms with Crippen LogP contribution < -0.4 is 11.1 Å². The predicted molar refractivity (Wildman–Crippen MR) is 169 cm³/mol. The maximum atomic E-state index is 13.7. The number of aliphatic hydroxyl groups excluding tert-OH is 1. The standard InChI is InChI=1S/C34H44N2O11/c1-17(2)26-32(42)45-23(16-20-12-9-8-10-13-20)28(38)34(6,7)33(43)47-27(18(3)4)31(41)44-19(5)24(30(40)46-26)36-29(39)21-14-11-15-22(35)25(21)37/h8-15,17-19,23-24,26-28,37-38H,16,35H2,1-7H3,(H,36,39)/t19-,23+,24-,26-,27-,28-/m0/s1. The lowest BCUT2D eigenvalue weighted by atomic mass is 9.81. The van der Waals surface area contributed by atoms with Gasteiger partial charge >= 0.3 is 23.9 Å². The van der Waals surface area contributed by atoms with Crippen molar-refractivity contribution in [1.29, 1.82) is 0 Å². The molecule has 0 aliphatic carbocycles. The van der Waals surface area contributed by atoms with Gasteiger partial charge in [-0.2, -0.15) is 0 Å². The number of aliphatic hydroxyl groups is 1. The highest BCUT2D eigenvalue weighted by atomic mass is 16.6. The molecule has 1 aliphatic heterocycles. The van der Waals surface area contributed by atoms with E-state index in [2.05, 4.69) is 5.32 Å². The average Bonchev–Trinajstić information content (AvgIpc) is 3.00. The van der Waals surface area contributed by atoms with Crippen LogP contribution in [-0.4, -0.2) is 76.6 Å². The van der Waals surface area contributed by atoms with Gasteiger partial charge in [0.1, 0.15) is 18.3 Å². The Hall–Kier alpha value is -4.65. The fraction of sp³-hybridized carbons (Fsp3) is 0.500. The van der Waals surface area contributed by atoms with E-state index >= 15 is 0 Å². The van der Waals surface area contributed by atoms with Gasteiger partial charge in [0.15, 0.2) is 11.8 Å². The van der Waals surface area contributed by atoms with E-state index in [0.717, 1.165) is 0 Å². The van der Waals surface area contributed by atoms with E-state index in [-0.39, 0.29) is 17.7 Å². The molecule has 1 amide bonds. The van der Waals surface area contributed by atoms with Crippen molar-refractivity contribution in [3.8, 4) is 5.75 Å². The van der Waals surface area contributed by atoms with Crippen LogP contribution in [0.25, 0.3) is 0 Å².